The molecule has 40 heavy (non-hydrogen) atoms. The van der Waals surface area contributed by atoms with Gasteiger partial charge in [0.25, 0.3) is 0 Å². The third kappa shape index (κ3) is 5.13. The Morgan fingerprint density at radius 3 is 2.55 bits per heavy atom. The molecule has 6 rings (SSSR count). The maximum absolute atomic E-state index is 14.0. The molecule has 1 aromatic carbocycles. The van der Waals surface area contributed by atoms with Crippen LogP contribution in [0.15, 0.2) is 59.3 Å². The summed E-state index contributed by atoms with van der Waals surface area (Å²) in [6.07, 6.45) is 8.01. The van der Waals surface area contributed by atoms with Gasteiger partial charge in [-0.1, -0.05) is 31.2 Å². The second kappa shape index (κ2) is 11.3. The Balaban J connectivity index is 1.35. The lowest BCUT2D eigenvalue weighted by atomic mass is 9.82. The van der Waals surface area contributed by atoms with Crippen LogP contribution in [0, 0.1) is 11.8 Å². The largest absolute Gasteiger partial charge is 0.462 e. The van der Waals surface area contributed by atoms with Gasteiger partial charge in [0, 0.05) is 48.2 Å². The third-order valence-corrected chi connectivity index (χ3v) is 8.00. The standard InChI is InChI=1S/C31H34N4O5/c1-3-39-31(37)25-17-27(22-11-9-21(10-12-22)26-18-28-32-14-4-15-34(28)33-26)40-30(25)35(24-13-16-38-19-24)29(36)23-7-5-20(2)6-8-23/h4,9-12,14-15,17-18,20,23-24H,3,5-8,13,16,19H2,1-2H3/t20-,23-,24?. The smallest absolute Gasteiger partial charge is 0.343 e. The zero-order valence-corrected chi connectivity index (χ0v) is 22.9. The normalized spacial score (nSPS) is 21.0. The maximum atomic E-state index is 14.0. The summed E-state index contributed by atoms with van der Waals surface area (Å²) in [7, 11) is 0. The number of carbonyl (C=O) groups is 2. The van der Waals surface area contributed by atoms with Crippen molar-refractivity contribution in [3.8, 4) is 22.6 Å². The molecule has 4 aromatic rings. The number of hydrogen-bond acceptors (Lipinski definition) is 7. The summed E-state index contributed by atoms with van der Waals surface area (Å²) in [4.78, 5) is 33.2. The Morgan fingerprint density at radius 1 is 1.07 bits per heavy atom. The monoisotopic (exact) mass is 542 g/mol. The number of fused-ring (bicyclic) bond motifs is 1. The van der Waals surface area contributed by atoms with Gasteiger partial charge in [0.05, 0.1) is 24.9 Å². The first-order chi connectivity index (χ1) is 19.5. The lowest BCUT2D eigenvalue weighted by Gasteiger charge is -2.33. The molecule has 2 aliphatic rings. The van der Waals surface area contributed by atoms with Gasteiger partial charge in [-0.3, -0.25) is 9.69 Å². The molecule has 1 amide bonds. The fourth-order valence-corrected chi connectivity index (χ4v) is 5.71. The molecule has 1 atom stereocenters. The minimum absolute atomic E-state index is 0.00431. The van der Waals surface area contributed by atoms with Gasteiger partial charge in [0.1, 0.15) is 11.3 Å². The molecule has 0 N–H and O–H groups in total. The third-order valence-electron chi connectivity index (χ3n) is 8.00. The van der Waals surface area contributed by atoms with Gasteiger partial charge >= 0.3 is 5.97 Å². The van der Waals surface area contributed by atoms with Crippen molar-refractivity contribution in [2.24, 2.45) is 11.8 Å². The Morgan fingerprint density at radius 2 is 1.85 bits per heavy atom. The molecule has 1 unspecified atom stereocenters. The maximum Gasteiger partial charge on any atom is 0.343 e. The quantitative estimate of drug-likeness (QED) is 0.273. The SMILES string of the molecule is CCOC(=O)c1cc(-c2ccc(-c3cc4ncccn4n3)cc2)oc1N(C(=O)[C@H]1CC[C@H](C)CC1)C1CCOC1. The molecule has 3 aromatic heterocycles. The fraction of sp³-hybridized carbons (Fsp3) is 0.419. The van der Waals surface area contributed by atoms with Crippen molar-refractivity contribution in [2.75, 3.05) is 24.7 Å². The zero-order valence-electron chi connectivity index (χ0n) is 22.9. The second-order valence-corrected chi connectivity index (χ2v) is 10.8. The summed E-state index contributed by atoms with van der Waals surface area (Å²) < 4.78 is 19.2. The van der Waals surface area contributed by atoms with Crippen molar-refractivity contribution in [3.05, 3.63) is 60.4 Å². The van der Waals surface area contributed by atoms with Crippen LogP contribution >= 0.6 is 0 Å². The van der Waals surface area contributed by atoms with Crippen molar-refractivity contribution in [2.45, 2.75) is 52.0 Å². The molecule has 0 spiro atoms. The van der Waals surface area contributed by atoms with Gasteiger partial charge in [-0.25, -0.2) is 14.3 Å². The van der Waals surface area contributed by atoms with Crippen LogP contribution in [0.5, 0.6) is 0 Å². The number of amides is 1. The molecule has 1 saturated carbocycles. The molecule has 4 heterocycles. The Labute approximate surface area is 233 Å². The summed E-state index contributed by atoms with van der Waals surface area (Å²) in [5, 5.41) is 4.60. The number of aromatic nitrogens is 3. The number of benzene rings is 1. The summed E-state index contributed by atoms with van der Waals surface area (Å²) in [6, 6.07) is 13.0. The van der Waals surface area contributed by atoms with Gasteiger partial charge in [-0.2, -0.15) is 5.10 Å². The van der Waals surface area contributed by atoms with Crippen LogP contribution in [0.4, 0.5) is 5.88 Å². The minimum atomic E-state index is -0.504. The van der Waals surface area contributed by atoms with E-state index >= 15 is 0 Å². The van der Waals surface area contributed by atoms with Crippen molar-refractivity contribution >= 4 is 23.4 Å². The van der Waals surface area contributed by atoms with E-state index in [1.165, 1.54) is 0 Å². The van der Waals surface area contributed by atoms with Crippen LogP contribution in [-0.2, 0) is 14.3 Å². The second-order valence-electron chi connectivity index (χ2n) is 10.8. The van der Waals surface area contributed by atoms with Crippen molar-refractivity contribution in [3.63, 3.8) is 0 Å². The summed E-state index contributed by atoms with van der Waals surface area (Å²) in [5.74, 6) is 0.773. The number of carbonyl (C=O) groups excluding carboxylic acids is 2. The van der Waals surface area contributed by atoms with Crippen molar-refractivity contribution in [1.82, 2.24) is 14.6 Å². The van der Waals surface area contributed by atoms with E-state index < -0.39 is 5.97 Å². The van der Waals surface area contributed by atoms with Crippen LogP contribution in [0.25, 0.3) is 28.2 Å². The Hall–Kier alpha value is -3.98. The highest BCUT2D eigenvalue weighted by Crippen LogP contribution is 2.38. The van der Waals surface area contributed by atoms with E-state index in [4.69, 9.17) is 13.9 Å². The van der Waals surface area contributed by atoms with Gasteiger partial charge in [0.2, 0.25) is 11.8 Å². The molecular formula is C31H34N4O5. The van der Waals surface area contributed by atoms with Crippen LogP contribution in [0.3, 0.4) is 0 Å². The van der Waals surface area contributed by atoms with E-state index in [9.17, 15) is 9.59 Å². The predicted octanol–water partition coefficient (Wildman–Crippen LogP) is 5.78. The first kappa shape index (κ1) is 26.3. The van der Waals surface area contributed by atoms with Gasteiger partial charge in [-0.05, 0) is 51.0 Å². The number of anilines is 1. The molecule has 9 heteroatoms. The topological polar surface area (TPSA) is 99.2 Å². The minimum Gasteiger partial charge on any atom is -0.462 e. The number of esters is 1. The van der Waals surface area contributed by atoms with Gasteiger partial charge < -0.3 is 13.9 Å². The van der Waals surface area contributed by atoms with E-state index in [0.29, 0.717) is 31.3 Å². The van der Waals surface area contributed by atoms with Crippen molar-refractivity contribution < 1.29 is 23.5 Å². The number of furan rings is 1. The van der Waals surface area contributed by atoms with E-state index in [0.717, 1.165) is 48.2 Å². The molecule has 1 saturated heterocycles. The van der Waals surface area contributed by atoms with Crippen LogP contribution in [0.1, 0.15) is 56.3 Å². The molecule has 9 nitrogen and oxygen atoms in total. The lowest BCUT2D eigenvalue weighted by Crippen LogP contribution is -2.45. The van der Waals surface area contributed by atoms with E-state index in [-0.39, 0.29) is 35.9 Å². The average molecular weight is 543 g/mol. The highest BCUT2D eigenvalue weighted by Gasteiger charge is 2.39. The fourth-order valence-electron chi connectivity index (χ4n) is 5.71. The lowest BCUT2D eigenvalue weighted by molar-refractivity contribution is -0.124. The average Bonchev–Trinajstić information content (AvgIpc) is 3.74. The van der Waals surface area contributed by atoms with Crippen molar-refractivity contribution in [1.29, 1.82) is 0 Å². The van der Waals surface area contributed by atoms with E-state index in [1.807, 2.05) is 42.6 Å². The number of rotatable bonds is 7. The number of nitrogens with zero attached hydrogens (tertiary/aromatic N) is 4. The Kier molecular flexibility index (Phi) is 7.38. The molecule has 1 aliphatic heterocycles. The van der Waals surface area contributed by atoms with E-state index in [1.54, 1.807) is 28.6 Å². The number of ether oxygens (including phenoxy) is 2. The molecule has 1 aliphatic carbocycles. The van der Waals surface area contributed by atoms with Crippen LogP contribution in [0.2, 0.25) is 0 Å². The predicted molar refractivity (Wildman–Crippen MR) is 150 cm³/mol. The molecular weight excluding hydrogens is 508 g/mol. The zero-order chi connectivity index (χ0) is 27.6. The first-order valence-corrected chi connectivity index (χ1v) is 14.1. The highest BCUT2D eigenvalue weighted by atomic mass is 16.5. The first-order valence-electron chi connectivity index (χ1n) is 14.1. The van der Waals surface area contributed by atoms with Crippen LogP contribution in [-0.4, -0.2) is 52.3 Å². The number of hydrogen-bond donors (Lipinski definition) is 0. The molecule has 0 bridgehead atoms. The van der Waals surface area contributed by atoms with Gasteiger partial charge in [-0.15, -0.1) is 0 Å². The van der Waals surface area contributed by atoms with E-state index in [2.05, 4.69) is 17.0 Å². The highest BCUT2D eigenvalue weighted by molar-refractivity contribution is 6.03. The summed E-state index contributed by atoms with van der Waals surface area (Å²) in [6.45, 7) is 5.21. The molecule has 2 fully saturated rings. The van der Waals surface area contributed by atoms with Gasteiger partial charge in [0.15, 0.2) is 5.65 Å². The molecule has 208 valence electrons. The summed E-state index contributed by atoms with van der Waals surface area (Å²) >= 11 is 0. The van der Waals surface area contributed by atoms with Crippen LogP contribution < -0.4 is 4.90 Å². The Bertz CT molecular complexity index is 1460. The molecule has 0 radical (unpaired) electrons. The summed E-state index contributed by atoms with van der Waals surface area (Å²) in [5.41, 5.74) is 3.54.